The van der Waals surface area contributed by atoms with Crippen molar-refractivity contribution in [2.45, 2.75) is 76.9 Å². The molecule has 1 aliphatic carbocycles. The number of benzene rings is 1. The first-order chi connectivity index (χ1) is 18.9. The van der Waals surface area contributed by atoms with Crippen molar-refractivity contribution >= 4 is 12.7 Å². The number of nitrogens with one attached hydrogen (secondary N) is 2. The zero-order chi connectivity index (χ0) is 28.8. The Bertz CT molecular complexity index is 1020. The Labute approximate surface area is 231 Å². The lowest BCUT2D eigenvalue weighted by Crippen LogP contribution is -2.63. The van der Waals surface area contributed by atoms with Crippen LogP contribution in [0.4, 0.5) is 8.78 Å². The summed E-state index contributed by atoms with van der Waals surface area (Å²) in [6.45, 7) is 10.1. The minimum atomic E-state index is -0.797. The van der Waals surface area contributed by atoms with Gasteiger partial charge in [0, 0.05) is 44.7 Å². The average molecular weight is 544 g/mol. The lowest BCUT2D eigenvalue weighted by molar-refractivity contribution is -0.123. The van der Waals surface area contributed by atoms with Crippen molar-refractivity contribution in [1.29, 1.82) is 5.26 Å². The van der Waals surface area contributed by atoms with Crippen LogP contribution >= 0.6 is 0 Å². The first-order valence-corrected chi connectivity index (χ1v) is 13.9. The summed E-state index contributed by atoms with van der Waals surface area (Å²) in [5.74, 6) is -1.39. The summed E-state index contributed by atoms with van der Waals surface area (Å²) < 4.78 is 25.4. The first-order valence-electron chi connectivity index (χ1n) is 13.9. The number of piperidine rings is 1. The number of carbonyl (C=O) groups excluding carboxylic acids is 2. The molecule has 2 aliphatic heterocycles. The molecule has 1 unspecified atom stereocenters. The molecule has 1 amide bonds. The van der Waals surface area contributed by atoms with Gasteiger partial charge in [0.15, 0.2) is 11.6 Å². The normalized spacial score (nSPS) is 18.6. The van der Waals surface area contributed by atoms with Crippen molar-refractivity contribution in [3.05, 3.63) is 58.8 Å². The van der Waals surface area contributed by atoms with E-state index in [4.69, 9.17) is 4.79 Å². The third kappa shape index (κ3) is 9.26. The number of allylic oxidation sites excluding steroid dienone is 3. The van der Waals surface area contributed by atoms with Crippen LogP contribution < -0.4 is 10.6 Å². The van der Waals surface area contributed by atoms with Gasteiger partial charge in [0.05, 0.1) is 23.4 Å². The summed E-state index contributed by atoms with van der Waals surface area (Å²) in [6, 6.07) is 7.43. The quantitative estimate of drug-likeness (QED) is 0.497. The maximum atomic E-state index is 12.8. The van der Waals surface area contributed by atoms with Crippen LogP contribution in [-0.2, 0) is 9.59 Å². The highest BCUT2D eigenvalue weighted by Crippen LogP contribution is 2.28. The van der Waals surface area contributed by atoms with Crippen LogP contribution in [0, 0.1) is 23.0 Å². The Morgan fingerprint density at radius 2 is 1.87 bits per heavy atom. The minimum Gasteiger partial charge on any atom is -0.371 e. The lowest BCUT2D eigenvalue weighted by atomic mass is 9.95. The van der Waals surface area contributed by atoms with E-state index in [1.165, 1.54) is 6.07 Å². The molecule has 0 saturated carbocycles. The molecule has 4 rings (SSSR count). The van der Waals surface area contributed by atoms with E-state index >= 15 is 0 Å². The third-order valence-electron chi connectivity index (χ3n) is 7.46. The predicted molar refractivity (Wildman–Crippen MR) is 150 cm³/mol. The summed E-state index contributed by atoms with van der Waals surface area (Å²) in [7, 11) is 1.80. The molecule has 39 heavy (non-hydrogen) atoms. The predicted octanol–water partition coefficient (Wildman–Crippen LogP) is 4.63. The highest BCUT2D eigenvalue weighted by atomic mass is 19.2. The fourth-order valence-electron chi connectivity index (χ4n) is 5.30. The van der Waals surface area contributed by atoms with Crippen molar-refractivity contribution in [3.8, 4) is 6.07 Å². The van der Waals surface area contributed by atoms with Gasteiger partial charge < -0.3 is 20.3 Å². The number of nitrogens with zero attached hydrogens (tertiary/aromatic N) is 3. The first kappa shape index (κ1) is 32.1. The molecule has 2 N–H and O–H groups in total. The second kappa shape index (κ2) is 16.8. The second-order valence-electron chi connectivity index (χ2n) is 10.0. The molecule has 2 fully saturated rings. The van der Waals surface area contributed by atoms with Crippen molar-refractivity contribution in [3.63, 3.8) is 0 Å². The van der Waals surface area contributed by atoms with Crippen molar-refractivity contribution in [1.82, 2.24) is 20.4 Å². The summed E-state index contributed by atoms with van der Waals surface area (Å²) >= 11 is 0. The molecule has 2 saturated heterocycles. The Balaban J connectivity index is 0.000000301. The number of hydrogen-bond acceptors (Lipinski definition) is 6. The summed E-state index contributed by atoms with van der Waals surface area (Å²) in [5, 5.41) is 15.4. The topological polar surface area (TPSA) is 88.5 Å². The monoisotopic (exact) mass is 543 g/mol. The molecule has 0 spiro atoms. The van der Waals surface area contributed by atoms with Crippen LogP contribution in [0.3, 0.4) is 0 Å². The van der Waals surface area contributed by atoms with Crippen LogP contribution in [0.15, 0.2) is 41.6 Å². The molecule has 1 aromatic carbocycles. The lowest BCUT2D eigenvalue weighted by Gasteiger charge is -2.47. The van der Waals surface area contributed by atoms with Crippen LogP contribution in [0.1, 0.15) is 70.4 Å². The van der Waals surface area contributed by atoms with Gasteiger partial charge in [-0.05, 0) is 69.3 Å². The maximum absolute atomic E-state index is 12.8. The number of amides is 1. The van der Waals surface area contributed by atoms with Crippen molar-refractivity contribution < 1.29 is 18.4 Å². The largest absolute Gasteiger partial charge is 0.371 e. The van der Waals surface area contributed by atoms with Gasteiger partial charge >= 0.3 is 0 Å². The van der Waals surface area contributed by atoms with Gasteiger partial charge in [-0.1, -0.05) is 26.0 Å². The van der Waals surface area contributed by atoms with Gasteiger partial charge in [0.2, 0.25) is 5.91 Å². The molecule has 214 valence electrons. The molecule has 0 radical (unpaired) electrons. The zero-order valence-electron chi connectivity index (χ0n) is 23.5. The van der Waals surface area contributed by atoms with E-state index < -0.39 is 11.6 Å². The third-order valence-corrected chi connectivity index (χ3v) is 7.46. The number of carbonyl (C=O) groups is 2. The van der Waals surface area contributed by atoms with Gasteiger partial charge in [0.25, 0.3) is 0 Å². The number of likely N-dealkylation sites (tertiary alicyclic amines) is 2. The molecule has 1 atom stereocenters. The molecule has 3 aliphatic rings. The van der Waals surface area contributed by atoms with Crippen LogP contribution in [-0.4, -0.2) is 67.8 Å². The highest BCUT2D eigenvalue weighted by molar-refractivity contribution is 5.76. The number of rotatable bonds is 8. The number of halogens is 2. The molecule has 1 aromatic rings. The van der Waals surface area contributed by atoms with E-state index in [2.05, 4.69) is 38.7 Å². The summed E-state index contributed by atoms with van der Waals surface area (Å²) in [4.78, 5) is 24.5. The minimum absolute atomic E-state index is 0.0927. The van der Waals surface area contributed by atoms with Crippen LogP contribution in [0.2, 0.25) is 0 Å². The second-order valence-corrected chi connectivity index (χ2v) is 10.0. The van der Waals surface area contributed by atoms with Crippen LogP contribution in [0.5, 0.6) is 0 Å². The highest BCUT2D eigenvalue weighted by Gasteiger charge is 2.35. The van der Waals surface area contributed by atoms with Crippen LogP contribution in [0.25, 0.3) is 0 Å². The summed E-state index contributed by atoms with van der Waals surface area (Å²) in [6.07, 6.45) is 10.9. The van der Waals surface area contributed by atoms with E-state index in [9.17, 15) is 18.8 Å². The average Bonchev–Trinajstić information content (AvgIpc) is 2.95. The molecular formula is C30H43F2N5O2. The van der Waals surface area contributed by atoms with Gasteiger partial charge in [-0.3, -0.25) is 9.69 Å². The Morgan fingerprint density at radius 3 is 2.44 bits per heavy atom. The van der Waals surface area contributed by atoms with Crippen molar-refractivity contribution in [2.24, 2.45) is 0 Å². The van der Waals surface area contributed by atoms with Gasteiger partial charge in [-0.2, -0.15) is 5.26 Å². The molecule has 7 nitrogen and oxygen atoms in total. The fourth-order valence-corrected chi connectivity index (χ4v) is 5.30. The van der Waals surface area contributed by atoms with Gasteiger partial charge in [-0.25, -0.2) is 8.78 Å². The van der Waals surface area contributed by atoms with E-state index in [1.807, 2.05) is 20.6 Å². The molecule has 0 bridgehead atoms. The van der Waals surface area contributed by atoms with E-state index in [0.717, 1.165) is 87.6 Å². The fraction of sp³-hybridized carbons (Fsp3) is 0.567. The van der Waals surface area contributed by atoms with E-state index in [-0.39, 0.29) is 11.9 Å². The Kier molecular flexibility index (Phi) is 13.8. The Morgan fingerprint density at radius 1 is 1.18 bits per heavy atom. The molecular weight excluding hydrogens is 500 g/mol. The van der Waals surface area contributed by atoms with E-state index in [1.54, 1.807) is 13.1 Å². The van der Waals surface area contributed by atoms with Gasteiger partial charge in [0.1, 0.15) is 6.79 Å². The van der Waals surface area contributed by atoms with Crippen molar-refractivity contribution in [2.75, 3.05) is 33.2 Å². The molecule has 0 aromatic heterocycles. The SMILES string of the molecule is C=O.CCC(NC)c1ccc(F)c(F)c1.CCCC(=O)NC1CN(C2CCN(C3=C(C#N)CCC=C3)CC2)C1. The standard InChI is InChI=1S/C19H28N4O.C10H13F2N.CH2O/c1-2-5-19(24)21-16-13-23(14-16)17-8-10-22(11-9-17)18-7-4-3-6-15(18)12-20;1-3-10(13-2)7-4-5-8(11)9(12)6-7;1-2/h4,7,16-17H,2-3,5-6,8-11,13-14H2,1H3,(H,21,24);4-6,10,13H,3H2,1-2H3;1H2. The zero-order valence-corrected chi connectivity index (χ0v) is 23.5. The molecule has 2 heterocycles. The Hall–Kier alpha value is -3.09. The summed E-state index contributed by atoms with van der Waals surface area (Å²) in [5.41, 5.74) is 2.87. The molecule has 9 heteroatoms. The van der Waals surface area contributed by atoms with Gasteiger partial charge in [-0.15, -0.1) is 0 Å². The van der Waals surface area contributed by atoms with E-state index in [0.29, 0.717) is 18.5 Å². The number of hydrogen-bond donors (Lipinski definition) is 2. The maximum Gasteiger partial charge on any atom is 0.220 e. The number of nitriles is 1. The smallest absolute Gasteiger partial charge is 0.220 e.